The number of hydrogen-bond acceptors (Lipinski definition) is 3. The van der Waals surface area contributed by atoms with E-state index < -0.39 is 0 Å². The summed E-state index contributed by atoms with van der Waals surface area (Å²) in [5.41, 5.74) is -0.0587. The van der Waals surface area contributed by atoms with E-state index >= 15 is 0 Å². The minimum absolute atomic E-state index is 0.0587. The molecule has 3 heteroatoms. The highest BCUT2D eigenvalue weighted by atomic mass is 16.3. The van der Waals surface area contributed by atoms with E-state index in [0.29, 0.717) is 13.0 Å². The fraction of sp³-hybridized carbons (Fsp3) is 0.889. The Morgan fingerprint density at radius 3 is 2.58 bits per heavy atom. The second-order valence-corrected chi connectivity index (χ2v) is 3.48. The molecule has 0 saturated heterocycles. The topological polar surface area (TPSA) is 56.0 Å². The van der Waals surface area contributed by atoms with E-state index in [-0.39, 0.29) is 12.1 Å². The summed E-state index contributed by atoms with van der Waals surface area (Å²) in [4.78, 5) is 0. The summed E-state index contributed by atoms with van der Waals surface area (Å²) in [6.07, 6.45) is 5.02. The lowest BCUT2D eigenvalue weighted by Crippen LogP contribution is -2.46. The number of hydrogen-bond donors (Lipinski definition) is 2. The predicted octanol–water partition coefficient (Wildman–Crippen LogP) is 0.795. The Balaban J connectivity index is 2.30. The molecule has 12 heavy (non-hydrogen) atoms. The molecule has 0 bridgehead atoms. The molecular weight excluding hydrogens is 152 g/mol. The highest BCUT2D eigenvalue weighted by Gasteiger charge is 2.31. The number of aliphatic hydroxyl groups is 1. The first-order valence-electron chi connectivity index (χ1n) is 4.56. The zero-order valence-electron chi connectivity index (χ0n) is 7.34. The van der Waals surface area contributed by atoms with Gasteiger partial charge in [-0.1, -0.05) is 12.8 Å². The van der Waals surface area contributed by atoms with Gasteiger partial charge in [-0.3, -0.25) is 0 Å². The standard InChI is InChI=1S/C9H16N2O/c10-6-3-7-11-9(8-12)4-1-2-5-9/h11-12H,1-5,7-8H2. The van der Waals surface area contributed by atoms with Crippen molar-refractivity contribution in [1.82, 2.24) is 5.32 Å². The Kier molecular flexibility index (Phi) is 3.51. The average Bonchev–Trinajstić information content (AvgIpc) is 2.55. The van der Waals surface area contributed by atoms with Crippen LogP contribution < -0.4 is 5.32 Å². The van der Waals surface area contributed by atoms with Crippen molar-refractivity contribution in [3.63, 3.8) is 0 Å². The Morgan fingerprint density at radius 2 is 2.08 bits per heavy atom. The molecule has 0 aromatic heterocycles. The van der Waals surface area contributed by atoms with E-state index in [0.717, 1.165) is 12.8 Å². The molecule has 0 amide bonds. The van der Waals surface area contributed by atoms with E-state index in [1.165, 1.54) is 12.8 Å². The first kappa shape index (κ1) is 9.50. The van der Waals surface area contributed by atoms with E-state index in [1.54, 1.807) is 0 Å². The fourth-order valence-electron chi connectivity index (χ4n) is 1.83. The molecule has 1 aliphatic carbocycles. The number of nitriles is 1. The Morgan fingerprint density at radius 1 is 1.42 bits per heavy atom. The summed E-state index contributed by atoms with van der Waals surface area (Å²) < 4.78 is 0. The van der Waals surface area contributed by atoms with Crippen LogP contribution in [0.3, 0.4) is 0 Å². The van der Waals surface area contributed by atoms with E-state index in [4.69, 9.17) is 5.26 Å². The first-order valence-corrected chi connectivity index (χ1v) is 4.56. The van der Waals surface area contributed by atoms with Crippen LogP contribution in [-0.4, -0.2) is 23.8 Å². The molecular formula is C9H16N2O. The van der Waals surface area contributed by atoms with Gasteiger partial charge >= 0.3 is 0 Å². The lowest BCUT2D eigenvalue weighted by atomic mass is 9.99. The second kappa shape index (κ2) is 4.44. The maximum absolute atomic E-state index is 9.17. The molecule has 2 N–H and O–H groups in total. The molecule has 68 valence electrons. The maximum Gasteiger partial charge on any atom is 0.0635 e. The number of nitrogens with one attached hydrogen (secondary N) is 1. The summed E-state index contributed by atoms with van der Waals surface area (Å²) in [5.74, 6) is 0. The molecule has 0 aromatic carbocycles. The third-order valence-corrected chi connectivity index (χ3v) is 2.60. The number of nitrogens with zero attached hydrogens (tertiary/aromatic N) is 1. The number of aliphatic hydroxyl groups excluding tert-OH is 1. The third kappa shape index (κ3) is 2.20. The molecule has 0 radical (unpaired) electrons. The van der Waals surface area contributed by atoms with Gasteiger partial charge in [0.05, 0.1) is 12.7 Å². The van der Waals surface area contributed by atoms with E-state index in [9.17, 15) is 5.11 Å². The average molecular weight is 168 g/mol. The molecule has 0 aromatic rings. The van der Waals surface area contributed by atoms with Crippen molar-refractivity contribution in [2.45, 2.75) is 37.6 Å². The first-order chi connectivity index (χ1) is 5.83. The van der Waals surface area contributed by atoms with Gasteiger partial charge in [-0.25, -0.2) is 0 Å². The van der Waals surface area contributed by atoms with Gasteiger partial charge in [0.2, 0.25) is 0 Å². The van der Waals surface area contributed by atoms with Crippen molar-refractivity contribution >= 4 is 0 Å². The van der Waals surface area contributed by atoms with Crippen LogP contribution in [0.2, 0.25) is 0 Å². The Labute approximate surface area is 73.4 Å². The zero-order valence-corrected chi connectivity index (χ0v) is 7.34. The molecule has 1 rings (SSSR count). The normalized spacial score (nSPS) is 20.7. The Bertz CT molecular complexity index is 168. The largest absolute Gasteiger partial charge is 0.394 e. The van der Waals surface area contributed by atoms with Crippen LogP contribution in [0.4, 0.5) is 0 Å². The minimum Gasteiger partial charge on any atom is -0.394 e. The summed E-state index contributed by atoms with van der Waals surface area (Å²) in [5, 5.41) is 20.8. The summed E-state index contributed by atoms with van der Waals surface area (Å²) in [7, 11) is 0. The van der Waals surface area contributed by atoms with Gasteiger partial charge in [0.1, 0.15) is 0 Å². The molecule has 3 nitrogen and oxygen atoms in total. The van der Waals surface area contributed by atoms with Crippen molar-refractivity contribution < 1.29 is 5.11 Å². The van der Waals surface area contributed by atoms with Crippen molar-refractivity contribution in [2.24, 2.45) is 0 Å². The predicted molar refractivity (Wildman–Crippen MR) is 46.5 cm³/mol. The van der Waals surface area contributed by atoms with Crippen molar-refractivity contribution in [3.05, 3.63) is 0 Å². The van der Waals surface area contributed by atoms with Gasteiger partial charge in [-0.2, -0.15) is 5.26 Å². The molecule has 0 atom stereocenters. The summed E-state index contributed by atoms with van der Waals surface area (Å²) in [6, 6.07) is 2.09. The van der Waals surface area contributed by atoms with Crippen molar-refractivity contribution in [1.29, 1.82) is 5.26 Å². The second-order valence-electron chi connectivity index (χ2n) is 3.48. The van der Waals surface area contributed by atoms with Crippen LogP contribution in [-0.2, 0) is 0 Å². The summed E-state index contributed by atoms with van der Waals surface area (Å²) >= 11 is 0. The molecule has 0 aliphatic heterocycles. The molecule has 1 saturated carbocycles. The van der Waals surface area contributed by atoms with E-state index in [2.05, 4.69) is 11.4 Å². The SMILES string of the molecule is N#CCCNC1(CO)CCCC1. The van der Waals surface area contributed by atoms with Gasteiger partial charge in [0.15, 0.2) is 0 Å². The highest BCUT2D eigenvalue weighted by molar-refractivity contribution is 4.92. The smallest absolute Gasteiger partial charge is 0.0635 e. The number of rotatable bonds is 4. The van der Waals surface area contributed by atoms with Crippen LogP contribution in [0.15, 0.2) is 0 Å². The fourth-order valence-corrected chi connectivity index (χ4v) is 1.83. The van der Waals surface area contributed by atoms with Crippen molar-refractivity contribution in [2.75, 3.05) is 13.2 Å². The van der Waals surface area contributed by atoms with Crippen molar-refractivity contribution in [3.8, 4) is 6.07 Å². The van der Waals surface area contributed by atoms with Gasteiger partial charge in [-0.15, -0.1) is 0 Å². The van der Waals surface area contributed by atoms with Gasteiger partial charge in [-0.05, 0) is 12.8 Å². The van der Waals surface area contributed by atoms with Crippen LogP contribution in [0.5, 0.6) is 0 Å². The Hall–Kier alpha value is -0.590. The van der Waals surface area contributed by atoms with E-state index in [1.807, 2.05) is 0 Å². The quantitative estimate of drug-likeness (QED) is 0.610. The highest BCUT2D eigenvalue weighted by Crippen LogP contribution is 2.28. The van der Waals surface area contributed by atoms with Crippen LogP contribution >= 0.6 is 0 Å². The maximum atomic E-state index is 9.17. The monoisotopic (exact) mass is 168 g/mol. The summed E-state index contributed by atoms with van der Waals surface area (Å²) in [6.45, 7) is 0.912. The van der Waals surface area contributed by atoms with Gasteiger partial charge in [0.25, 0.3) is 0 Å². The van der Waals surface area contributed by atoms with Crippen LogP contribution in [0, 0.1) is 11.3 Å². The molecule has 1 aliphatic rings. The third-order valence-electron chi connectivity index (χ3n) is 2.60. The van der Waals surface area contributed by atoms with Crippen LogP contribution in [0.1, 0.15) is 32.1 Å². The van der Waals surface area contributed by atoms with Crippen LogP contribution in [0.25, 0.3) is 0 Å². The minimum atomic E-state index is -0.0587. The molecule has 1 fully saturated rings. The lowest BCUT2D eigenvalue weighted by molar-refractivity contribution is 0.165. The molecule has 0 heterocycles. The molecule has 0 spiro atoms. The lowest BCUT2D eigenvalue weighted by Gasteiger charge is -2.27. The zero-order chi connectivity index (χ0) is 8.86. The van der Waals surface area contributed by atoms with Gasteiger partial charge in [0, 0.05) is 18.5 Å². The molecule has 0 unspecified atom stereocenters. The van der Waals surface area contributed by atoms with Gasteiger partial charge < -0.3 is 10.4 Å².